The molecule has 0 bridgehead atoms. The minimum Gasteiger partial charge on any atom is -0.348 e. The molecule has 1 N–H and O–H groups in total. The fourth-order valence-electron chi connectivity index (χ4n) is 3.10. The third-order valence-electron chi connectivity index (χ3n) is 4.50. The molecule has 1 saturated heterocycles. The molecule has 1 aromatic carbocycles. The highest BCUT2D eigenvalue weighted by Crippen LogP contribution is 2.22. The van der Waals surface area contributed by atoms with Crippen molar-refractivity contribution in [1.82, 2.24) is 10.2 Å². The molecule has 1 amide bonds. The molecular weight excluding hydrogens is 279 g/mol. The van der Waals surface area contributed by atoms with E-state index in [4.69, 9.17) is 0 Å². The Balaban J connectivity index is 1.98. The lowest BCUT2D eigenvalue weighted by molar-refractivity contribution is -0.124. The zero-order valence-corrected chi connectivity index (χ0v) is 13.8. The summed E-state index contributed by atoms with van der Waals surface area (Å²) in [6, 6.07) is 6.80. The summed E-state index contributed by atoms with van der Waals surface area (Å²) in [5.41, 5.74) is 0.955. The first kappa shape index (κ1) is 16.9. The van der Waals surface area contributed by atoms with Gasteiger partial charge >= 0.3 is 0 Å². The predicted molar refractivity (Wildman–Crippen MR) is 87.0 cm³/mol. The van der Waals surface area contributed by atoms with Gasteiger partial charge in [0.1, 0.15) is 5.82 Å². The molecule has 1 aromatic rings. The number of hydrogen-bond donors (Lipinski definition) is 1. The Labute approximate surface area is 132 Å². The van der Waals surface area contributed by atoms with E-state index in [2.05, 4.69) is 31.0 Å². The van der Waals surface area contributed by atoms with E-state index in [1.54, 1.807) is 12.1 Å². The van der Waals surface area contributed by atoms with Gasteiger partial charge in [0.2, 0.25) is 5.91 Å². The SMILES string of the molecule is CC(C)[C@@H](NC(=O)CN1CCCC[C@@H]1C)c1ccc(F)cc1. The number of nitrogens with zero attached hydrogens (tertiary/aromatic N) is 1. The summed E-state index contributed by atoms with van der Waals surface area (Å²) in [5, 5.41) is 3.12. The monoisotopic (exact) mass is 306 g/mol. The second-order valence-electron chi connectivity index (χ2n) is 6.66. The summed E-state index contributed by atoms with van der Waals surface area (Å²) in [7, 11) is 0. The number of piperidine rings is 1. The maximum absolute atomic E-state index is 13.1. The zero-order valence-electron chi connectivity index (χ0n) is 13.8. The number of halogens is 1. The van der Waals surface area contributed by atoms with Crippen molar-refractivity contribution in [3.8, 4) is 0 Å². The van der Waals surface area contributed by atoms with Crippen LogP contribution in [0.4, 0.5) is 4.39 Å². The van der Waals surface area contributed by atoms with Crippen LogP contribution in [0.5, 0.6) is 0 Å². The topological polar surface area (TPSA) is 32.3 Å². The minimum absolute atomic E-state index is 0.0526. The van der Waals surface area contributed by atoms with Gasteiger partial charge in [0.25, 0.3) is 0 Å². The van der Waals surface area contributed by atoms with Crippen LogP contribution in [0, 0.1) is 11.7 Å². The predicted octanol–water partition coefficient (Wildman–Crippen LogP) is 3.51. The number of benzene rings is 1. The maximum Gasteiger partial charge on any atom is 0.234 e. The van der Waals surface area contributed by atoms with E-state index in [9.17, 15) is 9.18 Å². The summed E-state index contributed by atoms with van der Waals surface area (Å²) in [4.78, 5) is 14.6. The minimum atomic E-state index is -0.250. The molecule has 0 aromatic heterocycles. The van der Waals surface area contributed by atoms with Gasteiger partial charge in [0.05, 0.1) is 12.6 Å². The van der Waals surface area contributed by atoms with E-state index in [0.29, 0.717) is 12.6 Å². The standard InChI is InChI=1S/C18H27FN2O/c1-13(2)18(15-7-9-16(19)10-8-15)20-17(22)12-21-11-5-4-6-14(21)3/h7-10,13-14,18H,4-6,11-12H2,1-3H3,(H,20,22)/t14-,18+/m0/s1. The number of nitrogens with one attached hydrogen (secondary N) is 1. The molecule has 1 heterocycles. The second kappa shape index (κ2) is 7.73. The van der Waals surface area contributed by atoms with Crippen molar-refractivity contribution in [3.05, 3.63) is 35.6 Å². The van der Waals surface area contributed by atoms with E-state index in [-0.39, 0.29) is 23.7 Å². The van der Waals surface area contributed by atoms with E-state index < -0.39 is 0 Å². The van der Waals surface area contributed by atoms with Gasteiger partial charge < -0.3 is 5.32 Å². The lowest BCUT2D eigenvalue weighted by Gasteiger charge is -2.33. The van der Waals surface area contributed by atoms with Crippen molar-refractivity contribution in [3.63, 3.8) is 0 Å². The average molecular weight is 306 g/mol. The zero-order chi connectivity index (χ0) is 16.1. The highest BCUT2D eigenvalue weighted by molar-refractivity contribution is 5.78. The fraction of sp³-hybridized carbons (Fsp3) is 0.611. The molecule has 0 aliphatic carbocycles. The molecule has 1 aliphatic rings. The van der Waals surface area contributed by atoms with Gasteiger partial charge in [0, 0.05) is 6.04 Å². The first-order valence-electron chi connectivity index (χ1n) is 8.26. The Morgan fingerprint density at radius 1 is 1.32 bits per heavy atom. The van der Waals surface area contributed by atoms with E-state index in [1.165, 1.54) is 31.4 Å². The number of rotatable bonds is 5. The van der Waals surface area contributed by atoms with Gasteiger partial charge in [-0.05, 0) is 49.9 Å². The molecule has 1 aliphatic heterocycles. The number of carbonyl (C=O) groups is 1. The van der Waals surface area contributed by atoms with Gasteiger partial charge in [-0.1, -0.05) is 32.4 Å². The molecule has 0 unspecified atom stereocenters. The summed E-state index contributed by atoms with van der Waals surface area (Å²) < 4.78 is 13.1. The normalized spacial score (nSPS) is 20.9. The van der Waals surface area contributed by atoms with Gasteiger partial charge in [-0.25, -0.2) is 4.39 Å². The number of carbonyl (C=O) groups excluding carboxylic acids is 1. The molecule has 0 spiro atoms. The van der Waals surface area contributed by atoms with Gasteiger partial charge in [-0.3, -0.25) is 9.69 Å². The van der Waals surface area contributed by atoms with Crippen LogP contribution in [0.25, 0.3) is 0 Å². The van der Waals surface area contributed by atoms with Crippen LogP contribution in [-0.2, 0) is 4.79 Å². The van der Waals surface area contributed by atoms with Crippen LogP contribution < -0.4 is 5.32 Å². The van der Waals surface area contributed by atoms with Gasteiger partial charge in [-0.2, -0.15) is 0 Å². The first-order chi connectivity index (χ1) is 10.5. The molecule has 3 nitrogen and oxygen atoms in total. The van der Waals surface area contributed by atoms with E-state index in [0.717, 1.165) is 12.1 Å². The molecule has 0 saturated carbocycles. The third-order valence-corrected chi connectivity index (χ3v) is 4.50. The summed E-state index contributed by atoms with van der Waals surface area (Å²) >= 11 is 0. The van der Waals surface area contributed by atoms with Crippen LogP contribution in [0.15, 0.2) is 24.3 Å². The number of likely N-dealkylation sites (tertiary alicyclic amines) is 1. The first-order valence-corrected chi connectivity index (χ1v) is 8.26. The maximum atomic E-state index is 13.1. The average Bonchev–Trinajstić information content (AvgIpc) is 2.48. The molecule has 2 atom stereocenters. The van der Waals surface area contributed by atoms with Crippen molar-refractivity contribution in [2.24, 2.45) is 5.92 Å². The van der Waals surface area contributed by atoms with Crippen molar-refractivity contribution < 1.29 is 9.18 Å². The van der Waals surface area contributed by atoms with Gasteiger partial charge in [0.15, 0.2) is 0 Å². The van der Waals surface area contributed by atoms with Crippen LogP contribution in [0.3, 0.4) is 0 Å². The fourth-order valence-corrected chi connectivity index (χ4v) is 3.10. The van der Waals surface area contributed by atoms with Crippen molar-refractivity contribution in [1.29, 1.82) is 0 Å². The molecule has 2 rings (SSSR count). The Morgan fingerprint density at radius 3 is 2.59 bits per heavy atom. The van der Waals surface area contributed by atoms with Crippen LogP contribution in [0.1, 0.15) is 51.6 Å². The van der Waals surface area contributed by atoms with Crippen molar-refractivity contribution >= 4 is 5.91 Å². The molecular formula is C18H27FN2O. The van der Waals surface area contributed by atoms with Crippen LogP contribution >= 0.6 is 0 Å². The van der Waals surface area contributed by atoms with Crippen LogP contribution in [-0.4, -0.2) is 29.9 Å². The summed E-state index contributed by atoms with van der Waals surface area (Å²) in [5.74, 6) is 0.0599. The Hall–Kier alpha value is -1.42. The van der Waals surface area contributed by atoms with E-state index >= 15 is 0 Å². The Kier molecular flexibility index (Phi) is 5.95. The lowest BCUT2D eigenvalue weighted by atomic mass is 9.96. The molecule has 1 fully saturated rings. The number of amides is 1. The van der Waals surface area contributed by atoms with Crippen molar-refractivity contribution in [2.45, 2.75) is 52.1 Å². The van der Waals surface area contributed by atoms with Crippen molar-refractivity contribution in [2.75, 3.05) is 13.1 Å². The molecule has 4 heteroatoms. The molecule has 122 valence electrons. The smallest absolute Gasteiger partial charge is 0.234 e. The quantitative estimate of drug-likeness (QED) is 0.903. The molecule has 22 heavy (non-hydrogen) atoms. The Bertz CT molecular complexity index is 486. The second-order valence-corrected chi connectivity index (χ2v) is 6.66. The number of hydrogen-bond acceptors (Lipinski definition) is 2. The highest BCUT2D eigenvalue weighted by atomic mass is 19.1. The lowest BCUT2D eigenvalue weighted by Crippen LogP contribution is -2.45. The molecule has 0 radical (unpaired) electrons. The summed E-state index contributed by atoms with van der Waals surface area (Å²) in [6.45, 7) is 7.77. The van der Waals surface area contributed by atoms with E-state index in [1.807, 2.05) is 0 Å². The largest absolute Gasteiger partial charge is 0.348 e. The third kappa shape index (κ3) is 4.54. The van der Waals surface area contributed by atoms with Crippen LogP contribution in [0.2, 0.25) is 0 Å². The van der Waals surface area contributed by atoms with Gasteiger partial charge in [-0.15, -0.1) is 0 Å². The Morgan fingerprint density at radius 2 is 2.00 bits per heavy atom. The highest BCUT2D eigenvalue weighted by Gasteiger charge is 2.23. The summed E-state index contributed by atoms with van der Waals surface area (Å²) in [6.07, 6.45) is 3.59.